The average molecular weight is 240 g/mol. The Hall–Kier alpha value is -0.830. The average Bonchev–Trinajstić information content (AvgIpc) is 2.26. The van der Waals surface area contributed by atoms with Crippen LogP contribution in [-0.2, 0) is 9.53 Å². The second kappa shape index (κ2) is 8.29. The van der Waals surface area contributed by atoms with E-state index in [9.17, 15) is 9.90 Å². The molecular formula is C14H24O3. The summed E-state index contributed by atoms with van der Waals surface area (Å²) in [6.07, 6.45) is 11.3. The molecule has 1 rings (SSSR count). The number of carbonyl (C=O) groups excluding carboxylic acids is 1. The lowest BCUT2D eigenvalue weighted by Gasteiger charge is -2.23. The van der Waals surface area contributed by atoms with Crippen LogP contribution < -0.4 is 0 Å². The lowest BCUT2D eigenvalue weighted by atomic mass is 10.0. The Morgan fingerprint density at radius 2 is 2.12 bits per heavy atom. The van der Waals surface area contributed by atoms with Crippen LogP contribution in [0.15, 0.2) is 12.2 Å². The van der Waals surface area contributed by atoms with E-state index in [0.29, 0.717) is 6.42 Å². The van der Waals surface area contributed by atoms with Gasteiger partial charge in [-0.15, -0.1) is 0 Å². The van der Waals surface area contributed by atoms with E-state index in [1.165, 1.54) is 32.1 Å². The Balaban J connectivity index is 2.09. The van der Waals surface area contributed by atoms with Gasteiger partial charge in [0, 0.05) is 6.42 Å². The summed E-state index contributed by atoms with van der Waals surface area (Å²) in [4.78, 5) is 11.1. The van der Waals surface area contributed by atoms with E-state index < -0.39 is 6.10 Å². The van der Waals surface area contributed by atoms with Gasteiger partial charge in [-0.2, -0.15) is 0 Å². The molecule has 0 aromatic rings. The van der Waals surface area contributed by atoms with Gasteiger partial charge in [0.2, 0.25) is 0 Å². The van der Waals surface area contributed by atoms with Crippen molar-refractivity contribution in [3.8, 4) is 0 Å². The molecule has 0 saturated carbocycles. The molecule has 1 N–H and O–H groups in total. The molecule has 17 heavy (non-hydrogen) atoms. The Bertz CT molecular complexity index is 248. The smallest absolute Gasteiger partial charge is 0.309 e. The lowest BCUT2D eigenvalue weighted by molar-refractivity contribution is -0.156. The van der Waals surface area contributed by atoms with E-state index in [2.05, 4.69) is 13.0 Å². The summed E-state index contributed by atoms with van der Waals surface area (Å²) < 4.78 is 5.12. The number of cyclic esters (lactones) is 1. The van der Waals surface area contributed by atoms with Crippen molar-refractivity contribution >= 4 is 5.97 Å². The molecule has 98 valence electrons. The van der Waals surface area contributed by atoms with Crippen molar-refractivity contribution in [3.05, 3.63) is 12.2 Å². The fourth-order valence-corrected chi connectivity index (χ4v) is 2.04. The molecule has 1 heterocycles. The van der Waals surface area contributed by atoms with Gasteiger partial charge in [-0.25, -0.2) is 0 Å². The van der Waals surface area contributed by atoms with E-state index in [0.717, 1.165) is 6.42 Å². The zero-order valence-corrected chi connectivity index (χ0v) is 10.7. The maximum atomic E-state index is 11.1. The quantitative estimate of drug-likeness (QED) is 0.423. The molecule has 1 fully saturated rings. The summed E-state index contributed by atoms with van der Waals surface area (Å²) in [5.74, 6) is -0.290. The summed E-state index contributed by atoms with van der Waals surface area (Å²) in [5.41, 5.74) is 0. The third-order valence-corrected chi connectivity index (χ3v) is 3.01. The molecule has 0 bridgehead atoms. The second-order valence-corrected chi connectivity index (χ2v) is 4.75. The normalized spacial score (nSPS) is 25.2. The minimum Gasteiger partial charge on any atom is -0.458 e. The van der Waals surface area contributed by atoms with Gasteiger partial charge < -0.3 is 9.84 Å². The van der Waals surface area contributed by atoms with Gasteiger partial charge in [0.25, 0.3) is 0 Å². The van der Waals surface area contributed by atoms with Crippen LogP contribution in [0.3, 0.4) is 0 Å². The number of aliphatic hydroxyl groups excluding tert-OH is 1. The summed E-state index contributed by atoms with van der Waals surface area (Å²) in [5, 5.41) is 9.42. The van der Waals surface area contributed by atoms with E-state index in [1.54, 1.807) is 0 Å². The van der Waals surface area contributed by atoms with Crippen LogP contribution >= 0.6 is 0 Å². The zero-order chi connectivity index (χ0) is 12.5. The highest BCUT2D eigenvalue weighted by atomic mass is 16.5. The lowest BCUT2D eigenvalue weighted by Crippen LogP contribution is -2.31. The first kappa shape index (κ1) is 14.2. The van der Waals surface area contributed by atoms with Gasteiger partial charge in [-0.05, 0) is 18.9 Å². The summed E-state index contributed by atoms with van der Waals surface area (Å²) >= 11 is 0. The van der Waals surface area contributed by atoms with E-state index in [4.69, 9.17) is 4.74 Å². The molecule has 1 aliphatic rings. The van der Waals surface area contributed by atoms with E-state index in [-0.39, 0.29) is 18.5 Å². The van der Waals surface area contributed by atoms with Crippen molar-refractivity contribution in [2.75, 3.05) is 0 Å². The number of aliphatic hydroxyl groups is 1. The van der Waals surface area contributed by atoms with Gasteiger partial charge in [0.05, 0.1) is 12.5 Å². The van der Waals surface area contributed by atoms with Gasteiger partial charge in [0.1, 0.15) is 6.10 Å². The first-order valence-corrected chi connectivity index (χ1v) is 6.76. The van der Waals surface area contributed by atoms with Gasteiger partial charge in [-0.1, -0.05) is 38.7 Å². The van der Waals surface area contributed by atoms with Crippen molar-refractivity contribution in [2.45, 2.75) is 70.5 Å². The fourth-order valence-electron chi connectivity index (χ4n) is 2.04. The molecule has 0 aromatic heterocycles. The van der Waals surface area contributed by atoms with Gasteiger partial charge in [0.15, 0.2) is 0 Å². The third kappa shape index (κ3) is 6.47. The van der Waals surface area contributed by atoms with E-state index >= 15 is 0 Å². The second-order valence-electron chi connectivity index (χ2n) is 4.75. The molecule has 2 atom stereocenters. The van der Waals surface area contributed by atoms with Gasteiger partial charge in [-0.3, -0.25) is 4.79 Å². The van der Waals surface area contributed by atoms with Crippen LogP contribution in [0, 0.1) is 0 Å². The number of ether oxygens (including phenoxy) is 1. The van der Waals surface area contributed by atoms with Gasteiger partial charge >= 0.3 is 5.97 Å². The molecule has 0 radical (unpaired) electrons. The Kier molecular flexibility index (Phi) is 6.94. The molecule has 0 aromatic carbocycles. The number of hydrogen-bond donors (Lipinski definition) is 1. The molecular weight excluding hydrogens is 216 g/mol. The number of esters is 1. The maximum absolute atomic E-state index is 11.1. The maximum Gasteiger partial charge on any atom is 0.309 e. The topological polar surface area (TPSA) is 46.5 Å². The molecule has 3 nitrogen and oxygen atoms in total. The Morgan fingerprint density at radius 3 is 2.82 bits per heavy atom. The first-order chi connectivity index (χ1) is 8.22. The summed E-state index contributed by atoms with van der Waals surface area (Å²) in [6.45, 7) is 2.21. The Morgan fingerprint density at radius 1 is 1.35 bits per heavy atom. The highest BCUT2D eigenvalue weighted by Crippen LogP contribution is 2.16. The van der Waals surface area contributed by atoms with Crippen LogP contribution in [0.1, 0.15) is 58.3 Å². The van der Waals surface area contributed by atoms with Crippen LogP contribution in [0.4, 0.5) is 0 Å². The minimum atomic E-state index is -0.532. The largest absolute Gasteiger partial charge is 0.458 e. The standard InChI is InChI=1S/C14H24O3/c1-2-3-4-5-6-7-8-9-13-10-12(15)11-14(16)17-13/h8-9,12-13,15H,2-7,10-11H2,1H3. The molecule has 2 unspecified atom stereocenters. The summed E-state index contributed by atoms with van der Waals surface area (Å²) in [7, 11) is 0. The van der Waals surface area contributed by atoms with Crippen LogP contribution in [0.2, 0.25) is 0 Å². The number of rotatable bonds is 7. The highest BCUT2D eigenvalue weighted by Gasteiger charge is 2.24. The number of unbranched alkanes of at least 4 members (excludes halogenated alkanes) is 5. The molecule has 1 saturated heterocycles. The predicted molar refractivity (Wildman–Crippen MR) is 67.6 cm³/mol. The number of allylic oxidation sites excluding steroid dienone is 1. The highest BCUT2D eigenvalue weighted by molar-refractivity contribution is 5.71. The number of hydrogen-bond acceptors (Lipinski definition) is 3. The minimum absolute atomic E-state index is 0.140. The van der Waals surface area contributed by atoms with Crippen LogP contribution in [0.5, 0.6) is 0 Å². The fraction of sp³-hybridized carbons (Fsp3) is 0.786. The third-order valence-electron chi connectivity index (χ3n) is 3.01. The zero-order valence-electron chi connectivity index (χ0n) is 10.7. The van der Waals surface area contributed by atoms with Crippen molar-refractivity contribution in [1.82, 2.24) is 0 Å². The van der Waals surface area contributed by atoms with E-state index in [1.807, 2.05) is 6.08 Å². The molecule has 0 aliphatic carbocycles. The molecule has 0 amide bonds. The predicted octanol–water partition coefficient (Wildman–Crippen LogP) is 2.97. The first-order valence-electron chi connectivity index (χ1n) is 6.76. The summed E-state index contributed by atoms with van der Waals surface area (Å²) in [6, 6.07) is 0. The van der Waals surface area contributed by atoms with Crippen LogP contribution in [-0.4, -0.2) is 23.3 Å². The van der Waals surface area contributed by atoms with Crippen LogP contribution in [0.25, 0.3) is 0 Å². The molecule has 3 heteroatoms. The Labute approximate surface area is 104 Å². The van der Waals surface area contributed by atoms with Crippen molar-refractivity contribution in [1.29, 1.82) is 0 Å². The SMILES string of the molecule is CCCCCCCC=CC1CC(O)CC(=O)O1. The monoisotopic (exact) mass is 240 g/mol. The molecule has 1 aliphatic heterocycles. The molecule has 0 spiro atoms. The number of carbonyl (C=O) groups is 1. The van der Waals surface area contributed by atoms with Crippen molar-refractivity contribution in [2.24, 2.45) is 0 Å². The van der Waals surface area contributed by atoms with Crippen molar-refractivity contribution < 1.29 is 14.6 Å². The van der Waals surface area contributed by atoms with Crippen molar-refractivity contribution in [3.63, 3.8) is 0 Å².